The minimum atomic E-state index is -0.337. The van der Waals surface area contributed by atoms with Gasteiger partial charge in [-0.15, -0.1) is 0 Å². The number of esters is 1. The van der Waals surface area contributed by atoms with Crippen molar-refractivity contribution >= 4 is 11.9 Å². The summed E-state index contributed by atoms with van der Waals surface area (Å²) in [6, 6.07) is 7.73. The lowest BCUT2D eigenvalue weighted by molar-refractivity contribution is -0.885. The summed E-state index contributed by atoms with van der Waals surface area (Å²) in [4.78, 5) is 24.3. The van der Waals surface area contributed by atoms with Crippen molar-refractivity contribution in [1.82, 2.24) is 5.32 Å². The summed E-state index contributed by atoms with van der Waals surface area (Å²) in [6.45, 7) is 1.14. The summed E-state index contributed by atoms with van der Waals surface area (Å²) in [5, 5.41) is 2.98. The first-order valence-corrected chi connectivity index (χ1v) is 6.86. The number of amides is 1. The molecule has 2 rings (SSSR count). The van der Waals surface area contributed by atoms with Crippen LogP contribution in [-0.4, -0.2) is 38.6 Å². The van der Waals surface area contributed by atoms with E-state index in [2.05, 4.69) is 5.32 Å². The van der Waals surface area contributed by atoms with Gasteiger partial charge in [-0.25, -0.2) is 4.79 Å². The molecule has 0 saturated heterocycles. The molecule has 108 valence electrons. The van der Waals surface area contributed by atoms with Crippen molar-refractivity contribution in [2.24, 2.45) is 0 Å². The minimum Gasteiger partial charge on any atom is -0.465 e. The van der Waals surface area contributed by atoms with Gasteiger partial charge in [0.05, 0.1) is 19.7 Å². The van der Waals surface area contributed by atoms with Crippen LogP contribution in [-0.2, 0) is 16.1 Å². The SMILES string of the molecule is COC(=O)c1cccc(C[NH+](C)CC(=O)NC2CC2)c1. The molecule has 1 aliphatic carbocycles. The molecule has 2 N–H and O–H groups in total. The third kappa shape index (κ3) is 4.35. The fraction of sp³-hybridized carbons (Fsp3) is 0.467. The fourth-order valence-corrected chi connectivity index (χ4v) is 2.12. The van der Waals surface area contributed by atoms with Gasteiger partial charge in [-0.3, -0.25) is 4.79 Å². The van der Waals surface area contributed by atoms with Crippen molar-refractivity contribution < 1.29 is 19.2 Å². The molecule has 0 heterocycles. The van der Waals surface area contributed by atoms with Crippen LogP contribution in [0.4, 0.5) is 0 Å². The molecule has 0 bridgehead atoms. The highest BCUT2D eigenvalue weighted by Crippen LogP contribution is 2.18. The standard InChI is InChI=1S/C15H20N2O3/c1-17(10-14(18)16-13-6-7-13)9-11-4-3-5-12(8-11)15(19)20-2/h3-5,8,13H,6-7,9-10H2,1-2H3,(H,16,18)/p+1. The molecule has 1 fully saturated rings. The number of carbonyl (C=O) groups is 2. The number of nitrogens with one attached hydrogen (secondary N) is 2. The van der Waals surface area contributed by atoms with Crippen molar-refractivity contribution in [3.05, 3.63) is 35.4 Å². The molecule has 0 aromatic heterocycles. The molecular formula is C15H21N2O3+. The molecule has 0 spiro atoms. The van der Waals surface area contributed by atoms with Gasteiger partial charge in [-0.1, -0.05) is 12.1 Å². The van der Waals surface area contributed by atoms with E-state index in [-0.39, 0.29) is 11.9 Å². The number of methoxy groups -OCH3 is 1. The molecule has 1 aliphatic rings. The number of benzene rings is 1. The highest BCUT2D eigenvalue weighted by molar-refractivity contribution is 5.89. The maximum absolute atomic E-state index is 11.7. The maximum atomic E-state index is 11.7. The summed E-state index contributed by atoms with van der Waals surface area (Å²) in [6.07, 6.45) is 2.21. The van der Waals surface area contributed by atoms with Crippen LogP contribution in [0.3, 0.4) is 0 Å². The molecule has 1 unspecified atom stereocenters. The van der Waals surface area contributed by atoms with Gasteiger partial charge in [0.25, 0.3) is 5.91 Å². The second kappa shape index (κ2) is 6.52. The second-order valence-corrected chi connectivity index (χ2v) is 5.34. The lowest BCUT2D eigenvalue weighted by Gasteiger charge is -2.14. The van der Waals surface area contributed by atoms with E-state index in [9.17, 15) is 9.59 Å². The Morgan fingerprint density at radius 3 is 2.80 bits per heavy atom. The summed E-state index contributed by atoms with van der Waals surface area (Å²) < 4.78 is 4.70. The Labute approximate surface area is 118 Å². The van der Waals surface area contributed by atoms with Crippen molar-refractivity contribution in [3.8, 4) is 0 Å². The number of likely N-dealkylation sites (N-methyl/N-ethyl adjacent to an activating group) is 1. The first kappa shape index (κ1) is 14.5. The van der Waals surface area contributed by atoms with Gasteiger partial charge in [-0.05, 0) is 25.0 Å². The Balaban J connectivity index is 1.87. The monoisotopic (exact) mass is 277 g/mol. The van der Waals surface area contributed by atoms with Gasteiger partial charge in [0.2, 0.25) is 0 Å². The predicted molar refractivity (Wildman–Crippen MR) is 74.4 cm³/mol. The van der Waals surface area contributed by atoms with Crippen LogP contribution in [0.2, 0.25) is 0 Å². The first-order valence-electron chi connectivity index (χ1n) is 6.86. The van der Waals surface area contributed by atoms with Crippen molar-refractivity contribution in [2.75, 3.05) is 20.7 Å². The van der Waals surface area contributed by atoms with Gasteiger partial charge in [0.1, 0.15) is 6.54 Å². The number of hydrogen-bond donors (Lipinski definition) is 2. The van der Waals surface area contributed by atoms with Gasteiger partial charge in [-0.2, -0.15) is 0 Å². The van der Waals surface area contributed by atoms with E-state index in [1.165, 1.54) is 7.11 Å². The van der Waals surface area contributed by atoms with Crippen LogP contribution < -0.4 is 10.2 Å². The Bertz CT molecular complexity index is 498. The largest absolute Gasteiger partial charge is 0.465 e. The van der Waals surface area contributed by atoms with Crippen LogP contribution in [0.25, 0.3) is 0 Å². The Morgan fingerprint density at radius 2 is 2.15 bits per heavy atom. The molecule has 0 aliphatic heterocycles. The molecular weight excluding hydrogens is 256 g/mol. The average molecular weight is 277 g/mol. The summed E-state index contributed by atoms with van der Waals surface area (Å²) in [7, 11) is 3.34. The third-order valence-corrected chi connectivity index (χ3v) is 3.26. The first-order chi connectivity index (χ1) is 9.58. The van der Waals surface area contributed by atoms with Gasteiger partial charge in [0.15, 0.2) is 6.54 Å². The van der Waals surface area contributed by atoms with E-state index in [0.29, 0.717) is 24.7 Å². The zero-order valence-corrected chi connectivity index (χ0v) is 11.9. The quantitative estimate of drug-likeness (QED) is 0.706. The zero-order chi connectivity index (χ0) is 14.5. The van der Waals surface area contributed by atoms with Crippen molar-refractivity contribution in [3.63, 3.8) is 0 Å². The van der Waals surface area contributed by atoms with Crippen LogP contribution in [0, 0.1) is 0 Å². The Hall–Kier alpha value is -1.88. The van der Waals surface area contributed by atoms with Crippen molar-refractivity contribution in [2.45, 2.75) is 25.4 Å². The molecule has 1 aromatic rings. The third-order valence-electron chi connectivity index (χ3n) is 3.26. The lowest BCUT2D eigenvalue weighted by Crippen LogP contribution is -3.08. The molecule has 1 atom stereocenters. The molecule has 5 heteroatoms. The molecule has 20 heavy (non-hydrogen) atoms. The van der Waals surface area contributed by atoms with Crippen molar-refractivity contribution in [1.29, 1.82) is 0 Å². The van der Waals surface area contributed by atoms with Gasteiger partial charge < -0.3 is 15.0 Å². The average Bonchev–Trinajstić information content (AvgIpc) is 3.21. The smallest absolute Gasteiger partial charge is 0.337 e. The van der Waals surface area contributed by atoms with Gasteiger partial charge in [0, 0.05) is 11.6 Å². The summed E-state index contributed by atoms with van der Waals surface area (Å²) >= 11 is 0. The number of carbonyl (C=O) groups excluding carboxylic acids is 2. The molecule has 1 amide bonds. The molecule has 1 saturated carbocycles. The number of rotatable bonds is 6. The van der Waals surface area contributed by atoms with Crippen LogP contribution >= 0.6 is 0 Å². The highest BCUT2D eigenvalue weighted by atomic mass is 16.5. The minimum absolute atomic E-state index is 0.0918. The van der Waals surface area contributed by atoms with E-state index in [1.54, 1.807) is 6.07 Å². The fourth-order valence-electron chi connectivity index (χ4n) is 2.12. The molecule has 5 nitrogen and oxygen atoms in total. The molecule has 1 aromatic carbocycles. The number of quaternary nitrogens is 1. The highest BCUT2D eigenvalue weighted by Gasteiger charge is 2.24. The van der Waals surface area contributed by atoms with Gasteiger partial charge >= 0.3 is 5.97 Å². The van der Waals surface area contributed by atoms with E-state index in [0.717, 1.165) is 23.3 Å². The topological polar surface area (TPSA) is 59.8 Å². The van der Waals surface area contributed by atoms with E-state index in [1.807, 2.05) is 25.2 Å². The lowest BCUT2D eigenvalue weighted by atomic mass is 10.1. The van der Waals surface area contributed by atoms with Crippen LogP contribution in [0.1, 0.15) is 28.8 Å². The second-order valence-electron chi connectivity index (χ2n) is 5.34. The number of ether oxygens (including phenoxy) is 1. The van der Waals surface area contributed by atoms with E-state index in [4.69, 9.17) is 4.74 Å². The molecule has 0 radical (unpaired) electrons. The van der Waals surface area contributed by atoms with Crippen LogP contribution in [0.5, 0.6) is 0 Å². The maximum Gasteiger partial charge on any atom is 0.337 e. The van der Waals surface area contributed by atoms with Crippen LogP contribution in [0.15, 0.2) is 24.3 Å². The Kier molecular flexibility index (Phi) is 4.74. The predicted octanol–water partition coefficient (Wildman–Crippen LogP) is -0.233. The number of hydrogen-bond acceptors (Lipinski definition) is 3. The Morgan fingerprint density at radius 1 is 1.40 bits per heavy atom. The zero-order valence-electron chi connectivity index (χ0n) is 11.9. The summed E-state index contributed by atoms with van der Waals surface area (Å²) in [5.74, 6) is -0.245. The van der Waals surface area contributed by atoms with E-state index < -0.39 is 0 Å². The summed E-state index contributed by atoms with van der Waals surface area (Å²) in [5.41, 5.74) is 1.56. The van der Waals surface area contributed by atoms with E-state index >= 15 is 0 Å². The normalized spacial score (nSPS) is 15.5.